The zero-order valence-corrected chi connectivity index (χ0v) is 17.2. The summed E-state index contributed by atoms with van der Waals surface area (Å²) in [4.78, 5) is 37.4. The quantitative estimate of drug-likeness (QED) is 0.239. The normalized spacial score (nSPS) is 13.7. The Hall–Kier alpha value is -1.63. The van der Waals surface area contributed by atoms with Crippen LogP contribution in [0.25, 0.3) is 0 Å². The van der Waals surface area contributed by atoms with Crippen molar-refractivity contribution in [3.8, 4) is 0 Å². The first-order valence-electron chi connectivity index (χ1n) is 9.46. The van der Waals surface area contributed by atoms with Crippen LogP contribution in [-0.2, 0) is 14.4 Å². The summed E-state index contributed by atoms with van der Waals surface area (Å²) >= 11 is 0. The van der Waals surface area contributed by atoms with Gasteiger partial charge in [-0.1, -0.05) is 59.8 Å². The Morgan fingerprint density at radius 2 is 1.69 bits per heavy atom. The van der Waals surface area contributed by atoms with Gasteiger partial charge in [0.05, 0.1) is 12.5 Å². The van der Waals surface area contributed by atoms with Gasteiger partial charge in [0.15, 0.2) is 0 Å². The summed E-state index contributed by atoms with van der Waals surface area (Å²) in [6.45, 7) is 7.74. The van der Waals surface area contributed by atoms with Crippen LogP contribution in [0.15, 0.2) is 0 Å². The molecule has 152 valence electrons. The lowest BCUT2D eigenvalue weighted by atomic mass is 9.85. The van der Waals surface area contributed by atoms with E-state index >= 15 is 0 Å². The van der Waals surface area contributed by atoms with Crippen LogP contribution >= 0.6 is 0 Å². The Kier molecular flexibility index (Phi) is 11.1. The molecular weight excluding hydrogens is 334 g/mol. The second-order valence-electron chi connectivity index (χ2n) is 8.17. The summed E-state index contributed by atoms with van der Waals surface area (Å²) in [6, 6.07) is -0.670. The Balaban J connectivity index is 5.04. The second kappa shape index (κ2) is 11.9. The molecule has 7 nitrogen and oxygen atoms in total. The fourth-order valence-electron chi connectivity index (χ4n) is 2.74. The first-order valence-corrected chi connectivity index (χ1v) is 9.46. The summed E-state index contributed by atoms with van der Waals surface area (Å²) in [5.74, 6) is -1.04. The predicted molar refractivity (Wildman–Crippen MR) is 102 cm³/mol. The highest BCUT2D eigenvalue weighted by Crippen LogP contribution is 2.22. The predicted octanol–water partition coefficient (Wildman–Crippen LogP) is 2.43. The third-order valence-electron chi connectivity index (χ3n) is 4.40. The van der Waals surface area contributed by atoms with Gasteiger partial charge in [0.1, 0.15) is 6.04 Å². The molecule has 0 aliphatic heterocycles. The minimum atomic E-state index is -0.670. The minimum Gasteiger partial charge on any atom is -0.347 e. The lowest BCUT2D eigenvalue weighted by Crippen LogP contribution is -2.55. The highest BCUT2D eigenvalue weighted by molar-refractivity contribution is 5.89. The number of hydroxylamine groups is 2. The molecule has 2 N–H and O–H groups in total. The molecule has 0 saturated carbocycles. The molecule has 2 atom stereocenters. The van der Waals surface area contributed by atoms with E-state index in [0.29, 0.717) is 17.9 Å². The third kappa shape index (κ3) is 9.17. The van der Waals surface area contributed by atoms with Crippen LogP contribution in [0.1, 0.15) is 66.2 Å². The van der Waals surface area contributed by atoms with Crippen molar-refractivity contribution in [2.24, 2.45) is 11.3 Å². The van der Waals surface area contributed by atoms with Crippen molar-refractivity contribution < 1.29 is 19.6 Å². The maximum absolute atomic E-state index is 12.8. The third-order valence-corrected chi connectivity index (χ3v) is 4.40. The van der Waals surface area contributed by atoms with E-state index in [1.54, 1.807) is 14.1 Å². The SMILES string of the molecule is CCCCCCC[C@@H](CN(O)C=O)C(=O)N[C@H](C(=O)N(C)C)C(C)(C)C. The largest absolute Gasteiger partial charge is 0.347 e. The van der Waals surface area contributed by atoms with Crippen LogP contribution < -0.4 is 5.32 Å². The second-order valence-corrected chi connectivity index (χ2v) is 8.17. The van der Waals surface area contributed by atoms with Gasteiger partial charge < -0.3 is 10.2 Å². The van der Waals surface area contributed by atoms with E-state index < -0.39 is 17.4 Å². The summed E-state index contributed by atoms with van der Waals surface area (Å²) < 4.78 is 0. The number of carbonyl (C=O) groups excluding carboxylic acids is 3. The number of rotatable bonds is 12. The average Bonchev–Trinajstić information content (AvgIpc) is 2.56. The molecule has 0 saturated heterocycles. The van der Waals surface area contributed by atoms with Crippen LogP contribution in [0.3, 0.4) is 0 Å². The van der Waals surface area contributed by atoms with E-state index in [4.69, 9.17) is 0 Å². The number of unbranched alkanes of at least 4 members (excludes halogenated alkanes) is 4. The van der Waals surface area contributed by atoms with Crippen molar-refractivity contribution in [1.82, 2.24) is 15.3 Å². The maximum atomic E-state index is 12.8. The maximum Gasteiger partial charge on any atom is 0.245 e. The monoisotopic (exact) mass is 371 g/mol. The summed E-state index contributed by atoms with van der Waals surface area (Å²) in [5, 5.41) is 12.9. The standard InChI is InChI=1S/C19H37N3O4/c1-7-8-9-10-11-12-15(13-22(26)14-23)17(24)20-16(19(2,3)4)18(25)21(5)6/h14-16,26H,7-13H2,1-6H3,(H,20,24)/t15-,16+/m0/s1. The number of likely N-dealkylation sites (N-methyl/N-ethyl adjacent to an activating group) is 1. The molecule has 0 aliphatic carbocycles. The minimum absolute atomic E-state index is 0.0733. The van der Waals surface area contributed by atoms with Gasteiger partial charge in [-0.05, 0) is 11.8 Å². The lowest BCUT2D eigenvalue weighted by Gasteiger charge is -2.33. The van der Waals surface area contributed by atoms with E-state index in [9.17, 15) is 19.6 Å². The molecule has 0 aromatic heterocycles. The Morgan fingerprint density at radius 1 is 1.12 bits per heavy atom. The van der Waals surface area contributed by atoms with E-state index in [2.05, 4.69) is 12.2 Å². The van der Waals surface area contributed by atoms with E-state index in [-0.39, 0.29) is 18.4 Å². The van der Waals surface area contributed by atoms with Crippen LogP contribution in [0.5, 0.6) is 0 Å². The molecule has 0 fully saturated rings. The number of nitrogens with zero attached hydrogens (tertiary/aromatic N) is 2. The molecule has 3 amide bonds. The molecule has 0 rings (SSSR count). The summed E-state index contributed by atoms with van der Waals surface area (Å²) in [5.41, 5.74) is -0.452. The molecule has 26 heavy (non-hydrogen) atoms. The topological polar surface area (TPSA) is 90.0 Å². The molecule has 0 spiro atoms. The first kappa shape index (κ1) is 24.4. The number of nitrogens with one attached hydrogen (secondary N) is 1. The molecule has 0 radical (unpaired) electrons. The van der Waals surface area contributed by atoms with Gasteiger partial charge >= 0.3 is 0 Å². The molecule has 0 aliphatic rings. The average molecular weight is 372 g/mol. The lowest BCUT2D eigenvalue weighted by molar-refractivity contribution is -0.155. The number of hydrogen-bond donors (Lipinski definition) is 2. The Bertz CT molecular complexity index is 447. The molecule has 7 heteroatoms. The van der Waals surface area contributed by atoms with Crippen molar-refractivity contribution in [3.63, 3.8) is 0 Å². The van der Waals surface area contributed by atoms with Crippen molar-refractivity contribution >= 4 is 18.2 Å². The van der Waals surface area contributed by atoms with Crippen molar-refractivity contribution in [3.05, 3.63) is 0 Å². The van der Waals surface area contributed by atoms with Gasteiger partial charge in [-0.25, -0.2) is 5.06 Å². The van der Waals surface area contributed by atoms with Gasteiger partial charge in [0.2, 0.25) is 18.2 Å². The summed E-state index contributed by atoms with van der Waals surface area (Å²) in [6.07, 6.45) is 6.10. The number of hydrogen-bond acceptors (Lipinski definition) is 4. The number of amides is 3. The Morgan fingerprint density at radius 3 is 2.15 bits per heavy atom. The van der Waals surface area contributed by atoms with Crippen LogP contribution in [0.4, 0.5) is 0 Å². The summed E-state index contributed by atoms with van der Waals surface area (Å²) in [7, 11) is 3.31. The van der Waals surface area contributed by atoms with Crippen molar-refractivity contribution in [1.29, 1.82) is 0 Å². The Labute approximate surface area is 158 Å². The number of carbonyl (C=O) groups is 3. The highest BCUT2D eigenvalue weighted by atomic mass is 16.5. The van der Waals surface area contributed by atoms with E-state index in [0.717, 1.165) is 32.1 Å². The van der Waals surface area contributed by atoms with Gasteiger partial charge in [-0.2, -0.15) is 0 Å². The zero-order valence-electron chi connectivity index (χ0n) is 17.2. The molecule has 0 aromatic carbocycles. The molecule has 0 heterocycles. The van der Waals surface area contributed by atoms with Gasteiger partial charge in [0.25, 0.3) is 0 Å². The molecule has 0 aromatic rings. The highest BCUT2D eigenvalue weighted by Gasteiger charge is 2.35. The van der Waals surface area contributed by atoms with E-state index in [1.807, 2.05) is 20.8 Å². The molecule has 0 bridgehead atoms. The van der Waals surface area contributed by atoms with Gasteiger partial charge in [-0.3, -0.25) is 19.6 Å². The van der Waals surface area contributed by atoms with Crippen LogP contribution in [0, 0.1) is 11.3 Å². The van der Waals surface area contributed by atoms with Crippen LogP contribution in [-0.4, -0.2) is 60.1 Å². The van der Waals surface area contributed by atoms with Crippen molar-refractivity contribution in [2.75, 3.05) is 20.6 Å². The van der Waals surface area contributed by atoms with E-state index in [1.165, 1.54) is 4.90 Å². The fourth-order valence-corrected chi connectivity index (χ4v) is 2.74. The zero-order chi connectivity index (χ0) is 20.3. The van der Waals surface area contributed by atoms with Gasteiger partial charge in [-0.15, -0.1) is 0 Å². The molecular formula is C19H37N3O4. The van der Waals surface area contributed by atoms with Gasteiger partial charge in [0, 0.05) is 14.1 Å². The first-order chi connectivity index (χ1) is 12.0. The fraction of sp³-hybridized carbons (Fsp3) is 0.842. The van der Waals surface area contributed by atoms with Crippen molar-refractivity contribution in [2.45, 2.75) is 72.3 Å². The molecule has 0 unspecified atom stereocenters. The van der Waals surface area contributed by atoms with Crippen LogP contribution in [0.2, 0.25) is 0 Å². The smallest absolute Gasteiger partial charge is 0.245 e.